The lowest BCUT2D eigenvalue weighted by Gasteiger charge is -2.18. The Morgan fingerprint density at radius 1 is 1.19 bits per heavy atom. The van der Waals surface area contributed by atoms with Crippen molar-refractivity contribution in [1.29, 1.82) is 0 Å². The monoisotopic (exact) mass is 378 g/mol. The van der Waals surface area contributed by atoms with Crippen LogP contribution in [0.4, 0.5) is 9.18 Å². The van der Waals surface area contributed by atoms with Crippen LogP contribution in [0.25, 0.3) is 0 Å². The van der Waals surface area contributed by atoms with Crippen LogP contribution in [0.5, 0.6) is 0 Å². The number of carbonyl (C=O) groups excluding carboxylic acids is 2. The molecule has 0 aliphatic carbocycles. The summed E-state index contributed by atoms with van der Waals surface area (Å²) in [5.74, 6) is -0.565. The summed E-state index contributed by atoms with van der Waals surface area (Å²) in [6.45, 7) is 4.44. The number of amides is 3. The van der Waals surface area contributed by atoms with Crippen LogP contribution in [-0.4, -0.2) is 23.0 Å². The van der Waals surface area contributed by atoms with Gasteiger partial charge in [-0.1, -0.05) is 25.5 Å². The van der Waals surface area contributed by atoms with Gasteiger partial charge in [-0.05, 0) is 31.0 Å². The van der Waals surface area contributed by atoms with Gasteiger partial charge in [-0.2, -0.15) is 0 Å². The number of benzene rings is 1. The molecule has 1 aromatic heterocycles. The molecule has 1 atom stereocenters. The third-order valence-electron chi connectivity index (χ3n) is 3.65. The number of carbonyl (C=O) groups is 2. The van der Waals surface area contributed by atoms with Crippen molar-refractivity contribution in [2.45, 2.75) is 45.8 Å². The molecular weight excluding hydrogens is 355 g/mol. The number of thiazole rings is 1. The van der Waals surface area contributed by atoms with Crippen LogP contribution in [0.2, 0.25) is 0 Å². The van der Waals surface area contributed by atoms with E-state index < -0.39 is 12.1 Å². The molecule has 1 heterocycles. The van der Waals surface area contributed by atoms with Gasteiger partial charge in [0, 0.05) is 17.6 Å². The molecule has 0 unspecified atom stereocenters. The molecule has 0 fully saturated rings. The summed E-state index contributed by atoms with van der Waals surface area (Å²) >= 11 is 1.49. The minimum atomic E-state index is -0.616. The fourth-order valence-corrected chi connectivity index (χ4v) is 3.03. The van der Waals surface area contributed by atoms with Gasteiger partial charge in [0.2, 0.25) is 5.91 Å². The van der Waals surface area contributed by atoms with Crippen LogP contribution >= 0.6 is 11.3 Å². The van der Waals surface area contributed by atoms with Gasteiger partial charge in [-0.25, -0.2) is 14.2 Å². The van der Waals surface area contributed by atoms with E-state index in [0.717, 1.165) is 22.7 Å². The zero-order valence-corrected chi connectivity index (χ0v) is 15.7. The maximum Gasteiger partial charge on any atom is 0.315 e. The predicted molar refractivity (Wildman–Crippen MR) is 99.2 cm³/mol. The number of aromatic nitrogens is 1. The molecule has 140 valence electrons. The molecule has 3 N–H and O–H groups in total. The Morgan fingerprint density at radius 2 is 1.92 bits per heavy atom. The van der Waals surface area contributed by atoms with Crippen LogP contribution < -0.4 is 16.0 Å². The average molecular weight is 378 g/mol. The zero-order valence-electron chi connectivity index (χ0n) is 14.8. The number of nitrogens with zero attached hydrogens (tertiary/aromatic N) is 1. The van der Waals surface area contributed by atoms with Crippen molar-refractivity contribution in [3.05, 3.63) is 51.7 Å². The van der Waals surface area contributed by atoms with Gasteiger partial charge >= 0.3 is 6.03 Å². The van der Waals surface area contributed by atoms with E-state index in [9.17, 15) is 14.0 Å². The van der Waals surface area contributed by atoms with Crippen LogP contribution in [0.15, 0.2) is 29.6 Å². The highest BCUT2D eigenvalue weighted by atomic mass is 32.1. The topological polar surface area (TPSA) is 83.1 Å². The SMILES string of the molecule is CCC[C@@H](NC(=O)NCc1ccc(F)cc1)C(=O)NCc1nc(C)cs1. The van der Waals surface area contributed by atoms with E-state index >= 15 is 0 Å². The minimum absolute atomic E-state index is 0.239. The molecule has 0 radical (unpaired) electrons. The van der Waals surface area contributed by atoms with Gasteiger partial charge < -0.3 is 16.0 Å². The molecule has 0 spiro atoms. The van der Waals surface area contributed by atoms with Crippen LogP contribution in [0, 0.1) is 12.7 Å². The Hall–Kier alpha value is -2.48. The van der Waals surface area contributed by atoms with E-state index in [2.05, 4.69) is 20.9 Å². The molecule has 0 aliphatic heterocycles. The molecule has 3 amide bonds. The van der Waals surface area contributed by atoms with E-state index in [-0.39, 0.29) is 18.3 Å². The number of urea groups is 1. The smallest absolute Gasteiger partial charge is 0.315 e. The number of halogens is 1. The van der Waals surface area contributed by atoms with Gasteiger partial charge in [-0.15, -0.1) is 11.3 Å². The summed E-state index contributed by atoms with van der Waals surface area (Å²) in [5.41, 5.74) is 1.69. The quantitative estimate of drug-likeness (QED) is 0.660. The standard InChI is InChI=1S/C18H23FN4O2S/c1-3-4-15(17(24)20-10-16-22-12(2)11-26-16)23-18(25)21-9-13-5-7-14(19)8-6-13/h5-8,11,15H,3-4,9-10H2,1-2H3,(H,20,24)(H2,21,23,25)/t15-/m1/s1. The van der Waals surface area contributed by atoms with Crippen molar-refractivity contribution in [3.63, 3.8) is 0 Å². The van der Waals surface area contributed by atoms with E-state index in [0.29, 0.717) is 13.0 Å². The highest BCUT2D eigenvalue weighted by Crippen LogP contribution is 2.08. The van der Waals surface area contributed by atoms with Gasteiger partial charge in [0.15, 0.2) is 0 Å². The van der Waals surface area contributed by atoms with Crippen LogP contribution in [0.1, 0.15) is 36.0 Å². The Kier molecular flexibility index (Phi) is 7.53. The number of aryl methyl sites for hydroxylation is 1. The van der Waals surface area contributed by atoms with Crippen molar-refractivity contribution in [2.75, 3.05) is 0 Å². The Bertz CT molecular complexity index is 733. The maximum absolute atomic E-state index is 12.9. The van der Waals surface area contributed by atoms with E-state index in [1.54, 1.807) is 12.1 Å². The third kappa shape index (κ3) is 6.44. The van der Waals surface area contributed by atoms with E-state index in [1.165, 1.54) is 23.5 Å². The van der Waals surface area contributed by atoms with Gasteiger partial charge in [0.05, 0.1) is 6.54 Å². The Morgan fingerprint density at radius 3 is 2.54 bits per heavy atom. The van der Waals surface area contributed by atoms with Crippen LogP contribution in [0.3, 0.4) is 0 Å². The van der Waals surface area contributed by atoms with Crippen LogP contribution in [-0.2, 0) is 17.9 Å². The summed E-state index contributed by atoms with van der Waals surface area (Å²) < 4.78 is 12.9. The summed E-state index contributed by atoms with van der Waals surface area (Å²) in [6, 6.07) is 4.82. The normalized spacial score (nSPS) is 11.7. The molecule has 0 saturated carbocycles. The van der Waals surface area contributed by atoms with Crippen molar-refractivity contribution < 1.29 is 14.0 Å². The second-order valence-electron chi connectivity index (χ2n) is 5.90. The minimum Gasteiger partial charge on any atom is -0.348 e. The lowest BCUT2D eigenvalue weighted by molar-refractivity contribution is -0.123. The molecular formula is C18H23FN4O2S. The molecule has 0 saturated heterocycles. The van der Waals surface area contributed by atoms with Crippen molar-refractivity contribution in [3.8, 4) is 0 Å². The lowest BCUT2D eigenvalue weighted by atomic mass is 10.1. The fourth-order valence-electron chi connectivity index (χ4n) is 2.32. The maximum atomic E-state index is 12.9. The molecule has 8 heteroatoms. The molecule has 0 bridgehead atoms. The van der Waals surface area contributed by atoms with Gasteiger partial charge in [0.1, 0.15) is 16.9 Å². The molecule has 0 aliphatic rings. The largest absolute Gasteiger partial charge is 0.348 e. The van der Waals surface area contributed by atoms with Crippen molar-refractivity contribution in [2.24, 2.45) is 0 Å². The number of hydrogen-bond donors (Lipinski definition) is 3. The summed E-state index contributed by atoms with van der Waals surface area (Å²) in [7, 11) is 0. The highest BCUT2D eigenvalue weighted by Gasteiger charge is 2.19. The average Bonchev–Trinajstić information content (AvgIpc) is 3.04. The Balaban J connectivity index is 1.82. The highest BCUT2D eigenvalue weighted by molar-refractivity contribution is 7.09. The Labute approximate surface area is 156 Å². The predicted octanol–water partition coefficient (Wildman–Crippen LogP) is 2.87. The lowest BCUT2D eigenvalue weighted by Crippen LogP contribution is -2.49. The van der Waals surface area contributed by atoms with E-state index in [4.69, 9.17) is 0 Å². The van der Waals surface area contributed by atoms with Gasteiger partial charge in [0.25, 0.3) is 0 Å². The number of rotatable bonds is 8. The van der Waals surface area contributed by atoms with Gasteiger partial charge in [-0.3, -0.25) is 4.79 Å². The molecule has 1 aromatic carbocycles. The second-order valence-corrected chi connectivity index (χ2v) is 6.84. The van der Waals surface area contributed by atoms with Crippen molar-refractivity contribution in [1.82, 2.24) is 20.9 Å². The number of nitrogens with one attached hydrogen (secondary N) is 3. The first-order valence-electron chi connectivity index (χ1n) is 8.45. The summed E-state index contributed by atoms with van der Waals surface area (Å²) in [4.78, 5) is 28.7. The molecule has 2 aromatic rings. The third-order valence-corrected chi connectivity index (χ3v) is 4.61. The first-order chi connectivity index (χ1) is 12.5. The first-order valence-corrected chi connectivity index (χ1v) is 9.33. The fraction of sp³-hybridized carbons (Fsp3) is 0.389. The zero-order chi connectivity index (χ0) is 18.9. The molecule has 2 rings (SSSR count). The molecule has 6 nitrogen and oxygen atoms in total. The van der Waals surface area contributed by atoms with E-state index in [1.807, 2.05) is 19.2 Å². The molecule has 26 heavy (non-hydrogen) atoms. The summed E-state index contributed by atoms with van der Waals surface area (Å²) in [5, 5.41) is 10.9. The number of hydrogen-bond acceptors (Lipinski definition) is 4. The second kappa shape index (κ2) is 9.86. The summed E-state index contributed by atoms with van der Waals surface area (Å²) in [6.07, 6.45) is 1.29. The van der Waals surface area contributed by atoms with Crippen molar-refractivity contribution >= 4 is 23.3 Å². The first kappa shape index (κ1) is 19.8.